The summed E-state index contributed by atoms with van der Waals surface area (Å²) in [5.74, 6) is 0. The Labute approximate surface area is 95.9 Å². The molecular weight excluding hydrogens is 202 g/mol. The van der Waals surface area contributed by atoms with Crippen LogP contribution in [0.15, 0.2) is 24.3 Å². The van der Waals surface area contributed by atoms with Crippen molar-refractivity contribution in [3.8, 4) is 0 Å². The Balaban J connectivity index is 3.29. The minimum absolute atomic E-state index is 0.784. The van der Waals surface area contributed by atoms with Crippen molar-refractivity contribution in [3.63, 3.8) is 0 Å². The maximum atomic E-state index is 5.10. The summed E-state index contributed by atoms with van der Waals surface area (Å²) in [5, 5.41) is 2.31. The number of allylic oxidation sites excluding steroid dienone is 2. The fraction of sp³-hybridized carbons (Fsp3) is 0.308. The van der Waals surface area contributed by atoms with E-state index in [0.717, 1.165) is 22.8 Å². The van der Waals surface area contributed by atoms with Crippen molar-refractivity contribution >= 4 is 24.4 Å². The average Bonchev–Trinajstić information content (AvgIpc) is 2.22. The van der Waals surface area contributed by atoms with Crippen LogP contribution in [0.25, 0.3) is 12.2 Å². The second-order valence-electron chi connectivity index (χ2n) is 3.31. The van der Waals surface area contributed by atoms with Gasteiger partial charge in [-0.15, -0.1) is 0 Å². The summed E-state index contributed by atoms with van der Waals surface area (Å²) in [4.78, 5) is 3.20. The lowest BCUT2D eigenvalue weighted by Gasteiger charge is -1.90. The molecule has 0 bridgehead atoms. The summed E-state index contributed by atoms with van der Waals surface area (Å²) in [6.07, 6.45) is 10.5. The molecule has 2 heteroatoms. The van der Waals surface area contributed by atoms with E-state index in [1.807, 2.05) is 6.07 Å². The van der Waals surface area contributed by atoms with Crippen molar-refractivity contribution in [2.45, 2.75) is 26.7 Å². The molecule has 15 heavy (non-hydrogen) atoms. The molecule has 0 amide bonds. The summed E-state index contributed by atoms with van der Waals surface area (Å²) < 4.78 is 0.784. The van der Waals surface area contributed by atoms with Crippen LogP contribution in [0.3, 0.4) is 0 Å². The maximum Gasteiger partial charge on any atom is 0.103 e. The molecule has 0 atom stereocenters. The van der Waals surface area contributed by atoms with Gasteiger partial charge in [0.25, 0.3) is 0 Å². The molecule has 0 aromatic carbocycles. The zero-order valence-corrected chi connectivity index (χ0v) is 10.1. The first-order valence-electron chi connectivity index (χ1n) is 5.34. The van der Waals surface area contributed by atoms with E-state index in [0.29, 0.717) is 0 Å². The summed E-state index contributed by atoms with van der Waals surface area (Å²) in [6.45, 7) is 4.25. The van der Waals surface area contributed by atoms with Crippen LogP contribution in [0.2, 0.25) is 0 Å². The number of rotatable bonds is 3. The van der Waals surface area contributed by atoms with Gasteiger partial charge in [-0.3, -0.25) is 0 Å². The van der Waals surface area contributed by atoms with E-state index in [4.69, 9.17) is 12.2 Å². The number of H-pyrrole nitrogens is 1. The van der Waals surface area contributed by atoms with Gasteiger partial charge in [0.1, 0.15) is 4.64 Å². The molecule has 1 nitrogen and oxygen atoms in total. The van der Waals surface area contributed by atoms with E-state index in [1.54, 1.807) is 0 Å². The van der Waals surface area contributed by atoms with Crippen molar-refractivity contribution in [2.24, 2.45) is 0 Å². The first kappa shape index (κ1) is 11.9. The molecule has 1 aromatic heterocycles. The van der Waals surface area contributed by atoms with Crippen molar-refractivity contribution in [1.82, 2.24) is 4.98 Å². The van der Waals surface area contributed by atoms with Crippen molar-refractivity contribution in [3.05, 3.63) is 39.5 Å². The number of aromatic amines is 1. The smallest absolute Gasteiger partial charge is 0.103 e. The zero-order valence-electron chi connectivity index (χ0n) is 9.29. The van der Waals surface area contributed by atoms with Gasteiger partial charge in [0.2, 0.25) is 0 Å². The third-order valence-corrected chi connectivity index (χ3v) is 2.28. The molecule has 0 aliphatic carbocycles. The fourth-order valence-electron chi connectivity index (χ4n) is 1.33. The number of pyridine rings is 1. The first-order valence-corrected chi connectivity index (χ1v) is 5.75. The predicted molar refractivity (Wildman–Crippen MR) is 69.5 cm³/mol. The SMILES string of the molecule is CC\C=C/C=c1/ccc(=S)[nH]/c1=C/CC. The minimum Gasteiger partial charge on any atom is -0.346 e. The lowest BCUT2D eigenvalue weighted by Crippen LogP contribution is -2.27. The lowest BCUT2D eigenvalue weighted by molar-refractivity contribution is 1.16. The van der Waals surface area contributed by atoms with Gasteiger partial charge in [0.15, 0.2) is 0 Å². The van der Waals surface area contributed by atoms with E-state index in [1.165, 1.54) is 5.22 Å². The van der Waals surface area contributed by atoms with Crippen molar-refractivity contribution in [1.29, 1.82) is 0 Å². The van der Waals surface area contributed by atoms with E-state index < -0.39 is 0 Å². The average molecular weight is 219 g/mol. The number of hydrogen-bond donors (Lipinski definition) is 1. The Bertz CT molecular complexity index is 494. The molecule has 0 aliphatic rings. The Hall–Kier alpha value is -1.15. The van der Waals surface area contributed by atoms with Gasteiger partial charge < -0.3 is 4.98 Å². The zero-order chi connectivity index (χ0) is 11.1. The summed E-state index contributed by atoms with van der Waals surface area (Å²) in [5.41, 5.74) is 0. The topological polar surface area (TPSA) is 15.8 Å². The summed E-state index contributed by atoms with van der Waals surface area (Å²) in [6, 6.07) is 3.98. The van der Waals surface area contributed by atoms with Gasteiger partial charge in [-0.05, 0) is 30.2 Å². The third-order valence-electron chi connectivity index (χ3n) is 2.04. The molecule has 1 rings (SSSR count). The normalized spacial score (nSPS) is 14.0. The largest absolute Gasteiger partial charge is 0.346 e. The maximum absolute atomic E-state index is 5.10. The number of hydrogen-bond acceptors (Lipinski definition) is 1. The monoisotopic (exact) mass is 219 g/mol. The standard InChI is InChI=1S/C13H17NS/c1-3-5-6-8-11-9-10-13(15)14-12(11)7-4-2/h5-10H,3-4H2,1-2H3,(H,14,15)/b6-5-,11-8-,12-7+. The Morgan fingerprint density at radius 3 is 2.73 bits per heavy atom. The highest BCUT2D eigenvalue weighted by molar-refractivity contribution is 7.71. The van der Waals surface area contributed by atoms with E-state index in [2.05, 4.69) is 49.2 Å². The van der Waals surface area contributed by atoms with Crippen molar-refractivity contribution in [2.75, 3.05) is 0 Å². The molecule has 0 unspecified atom stereocenters. The Kier molecular flexibility index (Phi) is 5.05. The second-order valence-corrected chi connectivity index (χ2v) is 3.75. The van der Waals surface area contributed by atoms with Crippen LogP contribution in [0.5, 0.6) is 0 Å². The quantitative estimate of drug-likeness (QED) is 0.773. The summed E-state index contributed by atoms with van der Waals surface area (Å²) >= 11 is 5.10. The van der Waals surface area contributed by atoms with E-state index in [9.17, 15) is 0 Å². The third kappa shape index (κ3) is 3.84. The van der Waals surface area contributed by atoms with Crippen LogP contribution in [-0.4, -0.2) is 4.98 Å². The van der Waals surface area contributed by atoms with Gasteiger partial charge in [-0.1, -0.05) is 50.4 Å². The van der Waals surface area contributed by atoms with Crippen LogP contribution < -0.4 is 10.6 Å². The van der Waals surface area contributed by atoms with Gasteiger partial charge in [-0.25, -0.2) is 0 Å². The molecule has 80 valence electrons. The van der Waals surface area contributed by atoms with Crippen LogP contribution in [-0.2, 0) is 0 Å². The highest BCUT2D eigenvalue weighted by Crippen LogP contribution is 1.81. The van der Waals surface area contributed by atoms with Crippen LogP contribution in [0, 0.1) is 4.64 Å². The molecule has 0 fully saturated rings. The van der Waals surface area contributed by atoms with Gasteiger partial charge in [0, 0.05) is 5.35 Å². The van der Waals surface area contributed by atoms with Crippen LogP contribution >= 0.6 is 12.2 Å². The van der Waals surface area contributed by atoms with E-state index >= 15 is 0 Å². The molecule has 0 spiro atoms. The molecule has 1 heterocycles. The van der Waals surface area contributed by atoms with Gasteiger partial charge in [-0.2, -0.15) is 0 Å². The van der Waals surface area contributed by atoms with E-state index in [-0.39, 0.29) is 0 Å². The molecule has 0 saturated carbocycles. The minimum atomic E-state index is 0.784. The molecular formula is C13H17NS. The fourth-order valence-corrected chi connectivity index (χ4v) is 1.51. The highest BCUT2D eigenvalue weighted by Gasteiger charge is 1.83. The Morgan fingerprint density at radius 1 is 1.27 bits per heavy atom. The Morgan fingerprint density at radius 2 is 2.07 bits per heavy atom. The van der Waals surface area contributed by atoms with Gasteiger partial charge >= 0.3 is 0 Å². The number of nitrogens with one attached hydrogen (secondary N) is 1. The predicted octanol–water partition coefficient (Wildman–Crippen LogP) is 2.68. The summed E-state index contributed by atoms with van der Waals surface area (Å²) in [7, 11) is 0. The first-order chi connectivity index (χ1) is 7.27. The molecule has 0 aliphatic heterocycles. The van der Waals surface area contributed by atoms with Crippen LogP contribution in [0.4, 0.5) is 0 Å². The van der Waals surface area contributed by atoms with Crippen molar-refractivity contribution < 1.29 is 0 Å². The van der Waals surface area contributed by atoms with Crippen LogP contribution in [0.1, 0.15) is 26.7 Å². The second kappa shape index (κ2) is 6.36. The van der Waals surface area contributed by atoms with Gasteiger partial charge in [0.05, 0.1) is 0 Å². The number of aromatic nitrogens is 1. The highest BCUT2D eigenvalue weighted by atomic mass is 32.1. The molecule has 1 aromatic rings. The molecule has 1 N–H and O–H groups in total. The lowest BCUT2D eigenvalue weighted by atomic mass is 10.2. The molecule has 0 radical (unpaired) electrons. The molecule has 0 saturated heterocycles.